The van der Waals surface area contributed by atoms with Gasteiger partial charge in [0.2, 0.25) is 0 Å². The maximum absolute atomic E-state index is 13.9. The number of carbonyl (C=O) groups is 1. The number of nitriles is 1. The molecule has 0 saturated carbocycles. The molecule has 106 valence electrons. The average molecular weight is 283 g/mol. The van der Waals surface area contributed by atoms with Crippen molar-refractivity contribution in [3.8, 4) is 11.8 Å². The fourth-order valence-corrected chi connectivity index (χ4v) is 2.21. The molecule has 0 bridgehead atoms. The summed E-state index contributed by atoms with van der Waals surface area (Å²) in [4.78, 5) is 10.8. The number of rotatable bonds is 4. The summed E-state index contributed by atoms with van der Waals surface area (Å²) in [7, 11) is 0. The lowest BCUT2D eigenvalue weighted by atomic mass is 10.1. The Labute approximate surface area is 122 Å². The highest BCUT2D eigenvalue weighted by molar-refractivity contribution is 5.76. The first-order chi connectivity index (χ1) is 10.1. The maximum atomic E-state index is 13.9. The molecule has 0 atom stereocenters. The Morgan fingerprint density at radius 1 is 1.29 bits per heavy atom. The van der Waals surface area contributed by atoms with Crippen molar-refractivity contribution in [3.05, 3.63) is 64.0 Å². The summed E-state index contributed by atoms with van der Waals surface area (Å²) >= 11 is 0. The number of aldehydes is 1. The van der Waals surface area contributed by atoms with Crippen LogP contribution in [0.4, 0.5) is 4.39 Å². The van der Waals surface area contributed by atoms with Crippen LogP contribution < -0.4 is 4.74 Å². The highest BCUT2D eigenvalue weighted by atomic mass is 19.1. The Bertz CT molecular complexity index is 709. The topological polar surface area (TPSA) is 50.1 Å². The van der Waals surface area contributed by atoms with E-state index in [1.54, 1.807) is 30.3 Å². The van der Waals surface area contributed by atoms with E-state index in [-0.39, 0.29) is 12.2 Å². The molecule has 0 heterocycles. The molecular formula is C17H14FNO2. The van der Waals surface area contributed by atoms with E-state index < -0.39 is 5.82 Å². The lowest BCUT2D eigenvalue weighted by Gasteiger charge is -2.13. The van der Waals surface area contributed by atoms with E-state index in [2.05, 4.69) is 0 Å². The lowest BCUT2D eigenvalue weighted by molar-refractivity contribution is 0.112. The third kappa shape index (κ3) is 3.09. The Morgan fingerprint density at radius 3 is 2.52 bits per heavy atom. The van der Waals surface area contributed by atoms with Crippen LogP contribution in [-0.4, -0.2) is 6.29 Å². The lowest BCUT2D eigenvalue weighted by Crippen LogP contribution is -2.03. The Balaban J connectivity index is 2.25. The van der Waals surface area contributed by atoms with Crippen molar-refractivity contribution in [1.82, 2.24) is 0 Å². The summed E-state index contributed by atoms with van der Waals surface area (Å²) < 4.78 is 19.6. The Kier molecular flexibility index (Phi) is 4.34. The number of hydrogen-bond donors (Lipinski definition) is 0. The predicted octanol–water partition coefficient (Wildman–Crippen LogP) is 3.71. The largest absolute Gasteiger partial charge is 0.488 e. The molecule has 2 aromatic carbocycles. The molecule has 0 radical (unpaired) electrons. The van der Waals surface area contributed by atoms with E-state index in [0.29, 0.717) is 16.9 Å². The Morgan fingerprint density at radius 2 is 1.95 bits per heavy atom. The minimum atomic E-state index is -0.556. The van der Waals surface area contributed by atoms with E-state index in [4.69, 9.17) is 10.00 Å². The van der Waals surface area contributed by atoms with Gasteiger partial charge in [0.25, 0.3) is 0 Å². The average Bonchev–Trinajstić information content (AvgIpc) is 2.47. The Hall–Kier alpha value is -2.67. The summed E-state index contributed by atoms with van der Waals surface area (Å²) in [5.41, 5.74) is 2.53. The van der Waals surface area contributed by atoms with Crippen molar-refractivity contribution >= 4 is 6.29 Å². The van der Waals surface area contributed by atoms with Crippen molar-refractivity contribution in [2.45, 2.75) is 20.5 Å². The van der Waals surface area contributed by atoms with Gasteiger partial charge in [-0.1, -0.05) is 12.1 Å². The molecule has 0 amide bonds. The fourth-order valence-electron chi connectivity index (χ4n) is 2.21. The third-order valence-corrected chi connectivity index (χ3v) is 3.19. The van der Waals surface area contributed by atoms with Gasteiger partial charge >= 0.3 is 0 Å². The van der Waals surface area contributed by atoms with Gasteiger partial charge in [-0.05, 0) is 43.2 Å². The maximum Gasteiger partial charge on any atom is 0.150 e. The van der Waals surface area contributed by atoms with Crippen LogP contribution in [-0.2, 0) is 6.61 Å². The SMILES string of the molecule is Cc1cc(C=O)cc(C)c1OCc1cccc(C#N)c1F. The van der Waals surface area contributed by atoms with Gasteiger partial charge in [-0.3, -0.25) is 4.79 Å². The van der Waals surface area contributed by atoms with Crippen LogP contribution >= 0.6 is 0 Å². The zero-order valence-electron chi connectivity index (χ0n) is 11.8. The van der Waals surface area contributed by atoms with Crippen LogP contribution in [0, 0.1) is 31.0 Å². The molecule has 0 aliphatic rings. The normalized spacial score (nSPS) is 10.0. The van der Waals surface area contributed by atoms with Crippen LogP contribution in [0.15, 0.2) is 30.3 Å². The number of nitrogens with zero attached hydrogens (tertiary/aromatic N) is 1. The molecule has 3 nitrogen and oxygen atoms in total. The zero-order chi connectivity index (χ0) is 15.4. The molecule has 0 N–H and O–H groups in total. The van der Waals surface area contributed by atoms with Crippen molar-refractivity contribution < 1.29 is 13.9 Å². The second-order valence-corrected chi connectivity index (χ2v) is 4.78. The van der Waals surface area contributed by atoms with E-state index >= 15 is 0 Å². The smallest absolute Gasteiger partial charge is 0.150 e. The summed E-state index contributed by atoms with van der Waals surface area (Å²) in [6.07, 6.45) is 0.778. The molecule has 0 aromatic heterocycles. The van der Waals surface area contributed by atoms with Gasteiger partial charge in [-0.2, -0.15) is 5.26 Å². The van der Waals surface area contributed by atoms with Gasteiger partial charge < -0.3 is 4.74 Å². The predicted molar refractivity (Wildman–Crippen MR) is 76.8 cm³/mol. The fraction of sp³-hybridized carbons (Fsp3) is 0.176. The first-order valence-electron chi connectivity index (χ1n) is 6.43. The molecular weight excluding hydrogens is 269 g/mol. The highest BCUT2D eigenvalue weighted by Gasteiger charge is 2.11. The minimum absolute atomic E-state index is 0.000784. The van der Waals surface area contributed by atoms with Crippen LogP contribution in [0.25, 0.3) is 0 Å². The molecule has 0 aliphatic heterocycles. The number of ether oxygens (including phenoxy) is 1. The van der Waals surface area contributed by atoms with Crippen LogP contribution in [0.5, 0.6) is 5.75 Å². The van der Waals surface area contributed by atoms with Crippen molar-refractivity contribution in [3.63, 3.8) is 0 Å². The van der Waals surface area contributed by atoms with Crippen LogP contribution in [0.3, 0.4) is 0 Å². The molecule has 0 aliphatic carbocycles. The number of halogens is 1. The van der Waals surface area contributed by atoms with E-state index in [1.807, 2.05) is 13.8 Å². The van der Waals surface area contributed by atoms with E-state index in [1.165, 1.54) is 6.07 Å². The highest BCUT2D eigenvalue weighted by Crippen LogP contribution is 2.26. The summed E-state index contributed by atoms with van der Waals surface area (Å²) in [5.74, 6) is 0.0715. The quantitative estimate of drug-likeness (QED) is 0.804. The standard InChI is InChI=1S/C17H14FNO2/c1-11-6-13(9-20)7-12(2)17(11)21-10-15-5-3-4-14(8-19)16(15)18/h3-7,9H,10H2,1-2H3. The summed E-state index contributed by atoms with van der Waals surface area (Å²) in [6.45, 7) is 3.69. The first kappa shape index (κ1) is 14.7. The van der Waals surface area contributed by atoms with Gasteiger partial charge in [0.1, 0.15) is 30.5 Å². The zero-order valence-corrected chi connectivity index (χ0v) is 11.8. The first-order valence-corrected chi connectivity index (χ1v) is 6.43. The van der Waals surface area contributed by atoms with E-state index in [0.717, 1.165) is 17.4 Å². The molecule has 21 heavy (non-hydrogen) atoms. The molecule has 0 unspecified atom stereocenters. The van der Waals surface area contributed by atoms with Crippen molar-refractivity contribution in [2.24, 2.45) is 0 Å². The monoisotopic (exact) mass is 283 g/mol. The summed E-state index contributed by atoms with van der Waals surface area (Å²) in [6, 6.07) is 9.87. The molecule has 0 spiro atoms. The van der Waals surface area contributed by atoms with Gasteiger partial charge in [-0.25, -0.2) is 4.39 Å². The van der Waals surface area contributed by atoms with Crippen LogP contribution in [0.2, 0.25) is 0 Å². The molecule has 0 saturated heterocycles. The van der Waals surface area contributed by atoms with Crippen LogP contribution in [0.1, 0.15) is 32.6 Å². The second-order valence-electron chi connectivity index (χ2n) is 4.78. The molecule has 2 aromatic rings. The summed E-state index contributed by atoms with van der Waals surface area (Å²) in [5, 5.41) is 8.81. The second kappa shape index (κ2) is 6.19. The van der Waals surface area contributed by atoms with Gasteiger partial charge in [-0.15, -0.1) is 0 Å². The number of hydrogen-bond acceptors (Lipinski definition) is 3. The van der Waals surface area contributed by atoms with Gasteiger partial charge in [0, 0.05) is 11.1 Å². The van der Waals surface area contributed by atoms with Gasteiger partial charge in [0.15, 0.2) is 0 Å². The number of carbonyl (C=O) groups excluding carboxylic acids is 1. The molecule has 2 rings (SSSR count). The van der Waals surface area contributed by atoms with E-state index in [9.17, 15) is 9.18 Å². The van der Waals surface area contributed by atoms with Gasteiger partial charge in [0.05, 0.1) is 5.56 Å². The third-order valence-electron chi connectivity index (χ3n) is 3.19. The minimum Gasteiger partial charge on any atom is -0.488 e. The molecule has 4 heteroatoms. The van der Waals surface area contributed by atoms with Crippen molar-refractivity contribution in [1.29, 1.82) is 5.26 Å². The van der Waals surface area contributed by atoms with Crippen molar-refractivity contribution in [2.75, 3.05) is 0 Å². The number of benzene rings is 2. The molecule has 0 fully saturated rings. The number of aryl methyl sites for hydroxylation is 2.